The van der Waals surface area contributed by atoms with Crippen LogP contribution in [0.5, 0.6) is 5.75 Å². The predicted octanol–water partition coefficient (Wildman–Crippen LogP) is 4.63. The molecule has 9 heteroatoms. The number of halogens is 3. The number of benzene rings is 2. The molecule has 1 fully saturated rings. The highest BCUT2D eigenvalue weighted by molar-refractivity contribution is 5.97. The van der Waals surface area contributed by atoms with Crippen LogP contribution in [0.15, 0.2) is 48.5 Å². The quantitative estimate of drug-likeness (QED) is 0.648. The van der Waals surface area contributed by atoms with Crippen molar-refractivity contribution in [2.45, 2.75) is 38.3 Å². The molecule has 2 bridgehead atoms. The van der Waals surface area contributed by atoms with Gasteiger partial charge in [-0.15, -0.1) is 0 Å². The summed E-state index contributed by atoms with van der Waals surface area (Å²) in [5.74, 6) is -0.0621. The summed E-state index contributed by atoms with van der Waals surface area (Å²) in [6, 6.07) is 11.2. The van der Waals surface area contributed by atoms with Gasteiger partial charge in [0.2, 0.25) is 0 Å². The molecule has 3 heterocycles. The number of hydrogen-bond donors (Lipinski definition) is 1. The van der Waals surface area contributed by atoms with Gasteiger partial charge in [0.15, 0.2) is 0 Å². The number of rotatable bonds is 2. The third-order valence-electron chi connectivity index (χ3n) is 7.31. The molecular formula is C27H31F3N2O4. The molecule has 6 nitrogen and oxygen atoms in total. The first-order valence-corrected chi connectivity index (χ1v) is 12.3. The molecule has 194 valence electrons. The van der Waals surface area contributed by atoms with Crippen LogP contribution in [0, 0.1) is 5.41 Å². The van der Waals surface area contributed by atoms with E-state index in [1.54, 1.807) is 34.1 Å². The Hall–Kier alpha value is -3.07. The van der Waals surface area contributed by atoms with Crippen molar-refractivity contribution >= 4 is 11.8 Å². The molecule has 36 heavy (non-hydrogen) atoms. The van der Waals surface area contributed by atoms with E-state index in [9.17, 15) is 27.9 Å². The second-order valence-corrected chi connectivity index (χ2v) is 9.62. The maximum atomic E-state index is 13.2. The van der Waals surface area contributed by atoms with Gasteiger partial charge in [-0.25, -0.2) is 0 Å². The van der Waals surface area contributed by atoms with Gasteiger partial charge in [0.05, 0.1) is 17.7 Å². The number of fused-ring (bicyclic) bond motifs is 9. The van der Waals surface area contributed by atoms with Crippen molar-refractivity contribution in [2.75, 3.05) is 39.4 Å². The summed E-state index contributed by atoms with van der Waals surface area (Å²) in [6.07, 6.45) is -0.818. The van der Waals surface area contributed by atoms with Crippen LogP contribution in [0.4, 0.5) is 13.2 Å². The van der Waals surface area contributed by atoms with Crippen LogP contribution in [0.1, 0.15) is 58.4 Å². The number of aliphatic hydroxyl groups excluding tert-OH is 1. The summed E-state index contributed by atoms with van der Waals surface area (Å²) >= 11 is 0. The fraction of sp³-hybridized carbons (Fsp3) is 0.481. The molecule has 3 aliphatic heterocycles. The molecule has 1 N–H and O–H groups in total. The van der Waals surface area contributed by atoms with E-state index in [0.717, 1.165) is 25.0 Å². The summed E-state index contributed by atoms with van der Waals surface area (Å²) in [6.45, 7) is 1.94. The molecule has 0 aliphatic carbocycles. The third kappa shape index (κ3) is 5.83. The van der Waals surface area contributed by atoms with E-state index in [1.807, 2.05) is 0 Å². The van der Waals surface area contributed by atoms with Gasteiger partial charge in [-0.1, -0.05) is 18.6 Å². The van der Waals surface area contributed by atoms with Crippen LogP contribution in [0.2, 0.25) is 0 Å². The fourth-order valence-electron chi connectivity index (χ4n) is 4.98. The van der Waals surface area contributed by atoms with Crippen molar-refractivity contribution in [1.29, 1.82) is 0 Å². The Bertz CT molecular complexity index is 1060. The molecule has 5 rings (SSSR count). The van der Waals surface area contributed by atoms with Gasteiger partial charge in [0.25, 0.3) is 11.8 Å². The lowest BCUT2D eigenvalue weighted by molar-refractivity contribution is -0.137. The molecule has 1 saturated heterocycles. The Morgan fingerprint density at radius 3 is 2.31 bits per heavy atom. The topological polar surface area (TPSA) is 70.1 Å². The highest BCUT2D eigenvalue weighted by atomic mass is 19.4. The van der Waals surface area contributed by atoms with Crippen molar-refractivity contribution in [3.63, 3.8) is 0 Å². The maximum absolute atomic E-state index is 13.2. The number of carbonyl (C=O) groups excluding carboxylic acids is 2. The molecule has 0 unspecified atom stereocenters. The first-order valence-electron chi connectivity index (χ1n) is 12.3. The highest BCUT2D eigenvalue weighted by Crippen LogP contribution is 2.37. The molecule has 0 radical (unpaired) electrons. The minimum Gasteiger partial charge on any atom is -0.491 e. The van der Waals surface area contributed by atoms with Crippen LogP contribution in [-0.4, -0.2) is 66.1 Å². The summed E-state index contributed by atoms with van der Waals surface area (Å²) in [5, 5.41) is 10.1. The molecule has 2 aromatic carbocycles. The summed E-state index contributed by atoms with van der Waals surface area (Å²) in [4.78, 5) is 29.8. The minimum atomic E-state index is -4.47. The Morgan fingerprint density at radius 2 is 1.64 bits per heavy atom. The van der Waals surface area contributed by atoms with Crippen molar-refractivity contribution in [3.05, 3.63) is 65.2 Å². The van der Waals surface area contributed by atoms with E-state index in [2.05, 4.69) is 0 Å². The number of hydrogen-bond acceptors (Lipinski definition) is 4. The summed E-state index contributed by atoms with van der Waals surface area (Å²) in [5.41, 5.74) is -0.435. The number of nitrogens with zero attached hydrogens (tertiary/aromatic N) is 2. The number of para-hydroxylation sites is 1. The van der Waals surface area contributed by atoms with Crippen molar-refractivity contribution in [2.24, 2.45) is 5.41 Å². The second-order valence-electron chi connectivity index (χ2n) is 9.62. The standard InChI is InChI=1S/C27H31F3N2O4/c28-27(29,30)21-9-7-20(8-10-21)24(34)31-14-4-3-11-26(19-33)12-15-32(16-13-26)25(35)22-5-1-2-6-23(22)36-18-17-31/h1-2,5-10,33H,3-4,11-19H2. The molecule has 3 aliphatic rings. The van der Waals surface area contributed by atoms with Crippen molar-refractivity contribution in [1.82, 2.24) is 9.80 Å². The lowest BCUT2D eigenvalue weighted by Gasteiger charge is -2.41. The average molecular weight is 505 g/mol. The van der Waals surface area contributed by atoms with Crippen LogP contribution in [-0.2, 0) is 6.18 Å². The van der Waals surface area contributed by atoms with Gasteiger partial charge in [0.1, 0.15) is 12.4 Å². The maximum Gasteiger partial charge on any atom is 0.416 e. The fourth-order valence-corrected chi connectivity index (χ4v) is 4.98. The first kappa shape index (κ1) is 26.0. The monoisotopic (exact) mass is 504 g/mol. The molecule has 0 atom stereocenters. The van der Waals surface area contributed by atoms with Gasteiger partial charge < -0.3 is 19.6 Å². The Morgan fingerprint density at radius 1 is 0.944 bits per heavy atom. The van der Waals surface area contributed by atoms with Crippen LogP contribution in [0.25, 0.3) is 0 Å². The molecule has 0 saturated carbocycles. The van der Waals surface area contributed by atoms with Crippen LogP contribution < -0.4 is 4.74 Å². The number of carbonyl (C=O) groups is 2. The average Bonchev–Trinajstić information content (AvgIpc) is 2.89. The van der Waals surface area contributed by atoms with E-state index < -0.39 is 11.7 Å². The molecule has 2 aromatic rings. The highest BCUT2D eigenvalue weighted by Gasteiger charge is 2.36. The SMILES string of the molecule is O=C(c1ccc(C(F)(F)F)cc1)N1CCCCC2(CO)CCN(CC2)C(=O)c2ccccc2OCC1. The Balaban J connectivity index is 1.55. The van der Waals surface area contributed by atoms with Crippen LogP contribution >= 0.6 is 0 Å². The van der Waals surface area contributed by atoms with Gasteiger partial charge in [-0.3, -0.25) is 9.59 Å². The zero-order valence-electron chi connectivity index (χ0n) is 20.1. The van der Waals surface area contributed by atoms with E-state index in [-0.39, 0.29) is 42.6 Å². The largest absolute Gasteiger partial charge is 0.491 e. The van der Waals surface area contributed by atoms with Crippen molar-refractivity contribution < 1.29 is 32.6 Å². The third-order valence-corrected chi connectivity index (χ3v) is 7.31. The summed E-state index contributed by atoms with van der Waals surface area (Å²) in [7, 11) is 0. The van der Waals surface area contributed by atoms with Gasteiger partial charge in [0, 0.05) is 31.8 Å². The van der Waals surface area contributed by atoms with Gasteiger partial charge >= 0.3 is 6.18 Å². The van der Waals surface area contributed by atoms with Gasteiger partial charge in [-0.05, 0) is 67.5 Å². The lowest BCUT2D eigenvalue weighted by Crippen LogP contribution is -2.44. The number of amides is 2. The molecule has 0 aromatic heterocycles. The molecular weight excluding hydrogens is 473 g/mol. The zero-order valence-corrected chi connectivity index (χ0v) is 20.1. The summed E-state index contributed by atoms with van der Waals surface area (Å²) < 4.78 is 44.7. The number of piperidine rings is 1. The van der Waals surface area contributed by atoms with Gasteiger partial charge in [-0.2, -0.15) is 13.2 Å². The minimum absolute atomic E-state index is 0.0446. The molecule has 2 amide bonds. The molecule has 0 spiro atoms. The zero-order chi connectivity index (χ0) is 25.8. The number of ether oxygens (including phenoxy) is 1. The van der Waals surface area contributed by atoms with Crippen molar-refractivity contribution in [3.8, 4) is 5.75 Å². The smallest absolute Gasteiger partial charge is 0.416 e. The predicted molar refractivity (Wildman–Crippen MR) is 128 cm³/mol. The van der Waals surface area contributed by atoms with E-state index >= 15 is 0 Å². The second kappa shape index (κ2) is 10.9. The van der Waals surface area contributed by atoms with E-state index in [0.29, 0.717) is 50.2 Å². The lowest BCUT2D eigenvalue weighted by atomic mass is 9.75. The van der Waals surface area contributed by atoms with E-state index in [1.165, 1.54) is 12.1 Å². The Kier molecular flexibility index (Phi) is 7.88. The number of aliphatic hydroxyl groups is 1. The number of alkyl halides is 3. The Labute approximate surface area is 208 Å². The first-order chi connectivity index (χ1) is 17.2. The van der Waals surface area contributed by atoms with E-state index in [4.69, 9.17) is 4.74 Å². The van der Waals surface area contributed by atoms with Crippen LogP contribution in [0.3, 0.4) is 0 Å². The normalized spacial score (nSPS) is 19.2.